The van der Waals surface area contributed by atoms with Crippen molar-refractivity contribution in [2.75, 3.05) is 6.54 Å². The number of hydrogen-bond acceptors (Lipinski definition) is 1. The highest BCUT2D eigenvalue weighted by Crippen LogP contribution is 2.31. The van der Waals surface area contributed by atoms with Crippen molar-refractivity contribution in [1.82, 2.24) is 5.32 Å². The lowest BCUT2D eigenvalue weighted by atomic mass is 10.1. The Hall–Kier alpha value is -1.52. The maximum absolute atomic E-state index is 12.8. The zero-order chi connectivity index (χ0) is 17.1. The number of carbonyl (C=O) groups excluding carboxylic acids is 1. The molecule has 0 saturated heterocycles. The van der Waals surface area contributed by atoms with Crippen molar-refractivity contribution in [2.45, 2.75) is 64.5 Å². The van der Waals surface area contributed by atoms with E-state index in [1.807, 2.05) is 0 Å². The van der Waals surface area contributed by atoms with E-state index in [4.69, 9.17) is 0 Å². The average Bonchev–Trinajstić information content (AvgIpc) is 2.52. The van der Waals surface area contributed by atoms with Crippen LogP contribution < -0.4 is 5.32 Å². The van der Waals surface area contributed by atoms with Crippen molar-refractivity contribution in [3.05, 3.63) is 35.4 Å². The third-order valence-electron chi connectivity index (χ3n) is 3.79. The van der Waals surface area contributed by atoms with Crippen LogP contribution >= 0.6 is 0 Å². The fraction of sp³-hybridized carbons (Fsp3) is 0.611. The molecule has 0 atom stereocenters. The van der Waals surface area contributed by atoms with Gasteiger partial charge < -0.3 is 5.32 Å². The van der Waals surface area contributed by atoms with Gasteiger partial charge in [0.2, 0.25) is 0 Å². The van der Waals surface area contributed by atoms with Crippen molar-refractivity contribution in [2.24, 2.45) is 0 Å². The predicted molar refractivity (Wildman–Crippen MR) is 86.4 cm³/mol. The van der Waals surface area contributed by atoms with E-state index >= 15 is 0 Å². The first-order valence-corrected chi connectivity index (χ1v) is 8.41. The first kappa shape index (κ1) is 19.5. The minimum absolute atomic E-state index is 0.306. The Labute approximate surface area is 136 Å². The Bertz CT molecular complexity index is 472. The molecule has 1 aromatic rings. The Kier molecular flexibility index (Phi) is 8.74. The van der Waals surface area contributed by atoms with Gasteiger partial charge in [-0.25, -0.2) is 0 Å². The van der Waals surface area contributed by atoms with Gasteiger partial charge in [0.1, 0.15) is 0 Å². The number of unbranched alkanes of at least 4 members (excludes halogenated alkanes) is 7. The summed E-state index contributed by atoms with van der Waals surface area (Å²) in [5.41, 5.74) is -1.19. The van der Waals surface area contributed by atoms with Gasteiger partial charge in [0, 0.05) is 6.54 Å². The lowest BCUT2D eigenvalue weighted by Gasteiger charge is -2.12. The van der Waals surface area contributed by atoms with Gasteiger partial charge in [-0.05, 0) is 18.6 Å². The van der Waals surface area contributed by atoms with E-state index in [0.29, 0.717) is 6.54 Å². The van der Waals surface area contributed by atoms with E-state index < -0.39 is 17.6 Å². The van der Waals surface area contributed by atoms with Gasteiger partial charge in [-0.2, -0.15) is 13.2 Å². The molecule has 0 radical (unpaired) electrons. The molecule has 0 aliphatic carbocycles. The molecular formula is C18H26F3NO. The minimum Gasteiger partial charge on any atom is -0.352 e. The summed E-state index contributed by atoms with van der Waals surface area (Å²) in [6, 6.07) is 4.88. The first-order valence-electron chi connectivity index (χ1n) is 8.41. The van der Waals surface area contributed by atoms with Crippen molar-refractivity contribution < 1.29 is 18.0 Å². The molecule has 0 bridgehead atoms. The van der Waals surface area contributed by atoms with Crippen molar-refractivity contribution in [1.29, 1.82) is 0 Å². The Morgan fingerprint density at radius 3 is 2.13 bits per heavy atom. The highest BCUT2D eigenvalue weighted by molar-refractivity contribution is 5.95. The van der Waals surface area contributed by atoms with Crippen molar-refractivity contribution in [3.8, 4) is 0 Å². The second-order valence-corrected chi connectivity index (χ2v) is 5.77. The van der Waals surface area contributed by atoms with Crippen molar-refractivity contribution >= 4 is 5.91 Å². The molecule has 2 nitrogen and oxygen atoms in total. The molecule has 0 fully saturated rings. The monoisotopic (exact) mass is 329 g/mol. The van der Waals surface area contributed by atoms with E-state index in [1.54, 1.807) is 0 Å². The number of hydrogen-bond donors (Lipinski definition) is 1. The first-order chi connectivity index (χ1) is 11.0. The summed E-state index contributed by atoms with van der Waals surface area (Å²) in [6.45, 7) is 2.60. The van der Waals surface area contributed by atoms with E-state index in [9.17, 15) is 18.0 Å². The largest absolute Gasteiger partial charge is 0.417 e. The number of halogens is 3. The molecule has 1 rings (SSSR count). The lowest BCUT2D eigenvalue weighted by molar-refractivity contribution is -0.137. The van der Waals surface area contributed by atoms with Crippen molar-refractivity contribution in [3.63, 3.8) is 0 Å². The summed E-state index contributed by atoms with van der Waals surface area (Å²) in [4.78, 5) is 11.9. The molecule has 5 heteroatoms. The van der Waals surface area contributed by atoms with Crippen LogP contribution in [0.3, 0.4) is 0 Å². The van der Waals surface area contributed by atoms with E-state index in [-0.39, 0.29) is 5.56 Å². The Balaban J connectivity index is 2.28. The smallest absolute Gasteiger partial charge is 0.352 e. The van der Waals surface area contributed by atoms with Crippen LogP contribution in [0, 0.1) is 0 Å². The normalized spacial score (nSPS) is 11.5. The van der Waals surface area contributed by atoms with Gasteiger partial charge in [-0.15, -0.1) is 0 Å². The Morgan fingerprint density at radius 2 is 1.52 bits per heavy atom. The standard InChI is InChI=1S/C18H26F3NO/c1-2-3-4-5-6-7-8-11-14-22-17(23)15-12-9-10-13-16(15)18(19,20)21/h9-10,12-13H,2-8,11,14H2,1H3,(H,22,23). The van der Waals surface area contributed by atoms with E-state index in [2.05, 4.69) is 12.2 Å². The molecule has 0 saturated carbocycles. The predicted octanol–water partition coefficient (Wildman–Crippen LogP) is 5.58. The topological polar surface area (TPSA) is 29.1 Å². The fourth-order valence-electron chi connectivity index (χ4n) is 2.48. The number of carbonyl (C=O) groups is 1. The van der Waals surface area contributed by atoms with Gasteiger partial charge in [-0.3, -0.25) is 4.79 Å². The third kappa shape index (κ3) is 7.53. The highest BCUT2D eigenvalue weighted by Gasteiger charge is 2.34. The molecule has 0 aromatic heterocycles. The van der Waals surface area contributed by atoms with Crippen LogP contribution in [0.5, 0.6) is 0 Å². The molecule has 1 aromatic carbocycles. The Morgan fingerprint density at radius 1 is 0.957 bits per heavy atom. The van der Waals surface area contributed by atoms with Crippen LogP contribution in [0.4, 0.5) is 13.2 Å². The van der Waals surface area contributed by atoms with Gasteiger partial charge in [-0.1, -0.05) is 64.0 Å². The number of amides is 1. The van der Waals surface area contributed by atoms with Gasteiger partial charge >= 0.3 is 6.18 Å². The maximum Gasteiger partial charge on any atom is 0.417 e. The second-order valence-electron chi connectivity index (χ2n) is 5.77. The molecule has 0 aliphatic heterocycles. The quantitative estimate of drug-likeness (QED) is 0.558. The van der Waals surface area contributed by atoms with Crippen LogP contribution in [-0.2, 0) is 6.18 Å². The lowest BCUT2D eigenvalue weighted by Crippen LogP contribution is -2.27. The summed E-state index contributed by atoms with van der Waals surface area (Å²) in [5.74, 6) is -0.652. The summed E-state index contributed by atoms with van der Waals surface area (Å²) >= 11 is 0. The molecule has 0 heterocycles. The van der Waals surface area contributed by atoms with Crippen LogP contribution in [0.1, 0.15) is 74.2 Å². The van der Waals surface area contributed by atoms with Crippen LogP contribution in [0.15, 0.2) is 24.3 Å². The van der Waals surface area contributed by atoms with E-state index in [1.165, 1.54) is 50.3 Å². The average molecular weight is 329 g/mol. The van der Waals surface area contributed by atoms with Crippen LogP contribution in [0.25, 0.3) is 0 Å². The molecule has 1 N–H and O–H groups in total. The van der Waals surface area contributed by atoms with Gasteiger partial charge in [0.15, 0.2) is 0 Å². The van der Waals surface area contributed by atoms with Crippen LogP contribution in [-0.4, -0.2) is 12.5 Å². The maximum atomic E-state index is 12.8. The fourth-order valence-corrected chi connectivity index (χ4v) is 2.48. The minimum atomic E-state index is -4.51. The molecular weight excluding hydrogens is 303 g/mol. The molecule has 1 amide bonds. The molecule has 0 unspecified atom stereocenters. The second kappa shape index (κ2) is 10.3. The number of benzene rings is 1. The van der Waals surface area contributed by atoms with Gasteiger partial charge in [0.25, 0.3) is 5.91 Å². The van der Waals surface area contributed by atoms with E-state index in [0.717, 1.165) is 25.3 Å². The molecule has 23 heavy (non-hydrogen) atoms. The summed E-state index contributed by atoms with van der Waals surface area (Å²) in [5, 5.41) is 2.58. The number of rotatable bonds is 10. The highest BCUT2D eigenvalue weighted by atomic mass is 19.4. The third-order valence-corrected chi connectivity index (χ3v) is 3.79. The number of alkyl halides is 3. The zero-order valence-corrected chi connectivity index (χ0v) is 13.7. The summed E-state index contributed by atoms with van der Waals surface area (Å²) < 4.78 is 38.5. The molecule has 130 valence electrons. The summed E-state index contributed by atoms with van der Waals surface area (Å²) in [7, 11) is 0. The zero-order valence-electron chi connectivity index (χ0n) is 13.7. The number of nitrogens with one attached hydrogen (secondary N) is 1. The van der Waals surface area contributed by atoms with Gasteiger partial charge in [0.05, 0.1) is 11.1 Å². The molecule has 0 spiro atoms. The molecule has 0 aliphatic rings. The SMILES string of the molecule is CCCCCCCCCCNC(=O)c1ccccc1C(F)(F)F. The summed E-state index contributed by atoms with van der Waals surface area (Å²) in [6.07, 6.45) is 4.58. The van der Waals surface area contributed by atoms with Crippen LogP contribution in [0.2, 0.25) is 0 Å².